The highest BCUT2D eigenvalue weighted by Crippen LogP contribution is 2.11. The number of aliphatic hydroxyl groups excluding tert-OH is 1. The molecule has 2 atom stereocenters. The molecule has 0 radical (unpaired) electrons. The van der Waals surface area contributed by atoms with Crippen molar-refractivity contribution in [2.45, 2.75) is 18.6 Å². The fourth-order valence-electron chi connectivity index (χ4n) is 2.21. The van der Waals surface area contributed by atoms with Crippen molar-refractivity contribution in [3.8, 4) is 0 Å². The van der Waals surface area contributed by atoms with E-state index in [0.29, 0.717) is 6.04 Å². The minimum Gasteiger partial charge on any atom is -0.391 e. The van der Waals surface area contributed by atoms with Crippen molar-refractivity contribution >= 4 is 0 Å². The smallest absolute Gasteiger partial charge is 0.0719 e. The van der Waals surface area contributed by atoms with E-state index in [9.17, 15) is 5.11 Å². The van der Waals surface area contributed by atoms with Crippen LogP contribution in [-0.4, -0.2) is 61.4 Å². The molecule has 4 heteroatoms. The van der Waals surface area contributed by atoms with E-state index in [0.717, 1.165) is 45.7 Å². The van der Waals surface area contributed by atoms with E-state index in [4.69, 9.17) is 0 Å². The minimum absolute atomic E-state index is 0.126. The summed E-state index contributed by atoms with van der Waals surface area (Å²) in [5.41, 5.74) is 0. The van der Waals surface area contributed by atoms with Gasteiger partial charge < -0.3 is 15.7 Å². The minimum atomic E-state index is -0.126. The normalized spacial score (nSPS) is 37.6. The van der Waals surface area contributed by atoms with Crippen molar-refractivity contribution in [3.05, 3.63) is 0 Å². The Labute approximate surface area is 79.3 Å². The SMILES string of the molecule is OC1CCNCC1N1CCNCC1. The van der Waals surface area contributed by atoms with Crippen molar-refractivity contribution in [1.82, 2.24) is 15.5 Å². The zero-order valence-corrected chi connectivity index (χ0v) is 8.00. The molecule has 0 bridgehead atoms. The Morgan fingerprint density at radius 3 is 2.54 bits per heavy atom. The summed E-state index contributed by atoms with van der Waals surface area (Å²) in [6.07, 6.45) is 0.772. The highest BCUT2D eigenvalue weighted by molar-refractivity contribution is 4.87. The molecule has 0 aromatic heterocycles. The lowest BCUT2D eigenvalue weighted by molar-refractivity contribution is 0.0227. The van der Waals surface area contributed by atoms with Crippen LogP contribution in [0.5, 0.6) is 0 Å². The van der Waals surface area contributed by atoms with Gasteiger partial charge in [-0.3, -0.25) is 4.90 Å². The van der Waals surface area contributed by atoms with E-state index in [-0.39, 0.29) is 6.10 Å². The second-order valence-electron chi connectivity index (χ2n) is 3.91. The number of piperidine rings is 1. The Hall–Kier alpha value is -0.160. The summed E-state index contributed by atoms with van der Waals surface area (Å²) in [6.45, 7) is 6.17. The second-order valence-corrected chi connectivity index (χ2v) is 3.91. The van der Waals surface area contributed by atoms with Crippen molar-refractivity contribution in [1.29, 1.82) is 0 Å². The molecule has 0 aliphatic carbocycles. The first kappa shape index (κ1) is 9.40. The molecule has 0 amide bonds. The van der Waals surface area contributed by atoms with Gasteiger partial charge in [0.05, 0.1) is 6.10 Å². The van der Waals surface area contributed by atoms with Crippen LogP contribution in [0.2, 0.25) is 0 Å². The quantitative estimate of drug-likeness (QED) is 0.471. The number of hydrogen-bond donors (Lipinski definition) is 3. The molecule has 76 valence electrons. The van der Waals surface area contributed by atoms with Gasteiger partial charge in [-0.05, 0) is 13.0 Å². The third kappa shape index (κ3) is 2.20. The van der Waals surface area contributed by atoms with Gasteiger partial charge in [0.25, 0.3) is 0 Å². The van der Waals surface area contributed by atoms with Crippen LogP contribution in [0.25, 0.3) is 0 Å². The van der Waals surface area contributed by atoms with Crippen LogP contribution in [0.3, 0.4) is 0 Å². The molecule has 0 spiro atoms. The van der Waals surface area contributed by atoms with Crippen molar-refractivity contribution in [3.63, 3.8) is 0 Å². The first-order valence-electron chi connectivity index (χ1n) is 5.21. The van der Waals surface area contributed by atoms with Gasteiger partial charge in [-0.25, -0.2) is 0 Å². The Balaban J connectivity index is 1.88. The summed E-state index contributed by atoms with van der Waals surface area (Å²) in [5.74, 6) is 0. The van der Waals surface area contributed by atoms with Crippen LogP contribution < -0.4 is 10.6 Å². The number of nitrogens with zero attached hydrogens (tertiary/aromatic N) is 1. The molecular formula is C9H19N3O. The van der Waals surface area contributed by atoms with E-state index < -0.39 is 0 Å². The van der Waals surface area contributed by atoms with Gasteiger partial charge in [0.2, 0.25) is 0 Å². The zero-order valence-electron chi connectivity index (χ0n) is 8.00. The summed E-state index contributed by atoms with van der Waals surface area (Å²) in [4.78, 5) is 2.40. The maximum atomic E-state index is 9.82. The van der Waals surface area contributed by atoms with Crippen molar-refractivity contribution < 1.29 is 5.11 Å². The third-order valence-corrected chi connectivity index (χ3v) is 3.04. The lowest BCUT2D eigenvalue weighted by Crippen LogP contribution is -2.58. The summed E-state index contributed by atoms with van der Waals surface area (Å²) in [7, 11) is 0. The van der Waals surface area contributed by atoms with Gasteiger partial charge in [-0.15, -0.1) is 0 Å². The van der Waals surface area contributed by atoms with E-state index in [2.05, 4.69) is 15.5 Å². The van der Waals surface area contributed by atoms with Gasteiger partial charge in [0, 0.05) is 38.8 Å². The zero-order chi connectivity index (χ0) is 9.10. The standard InChI is InChI=1S/C9H19N3O/c13-9-1-2-11-7-8(9)12-5-3-10-4-6-12/h8-11,13H,1-7H2. The maximum Gasteiger partial charge on any atom is 0.0719 e. The fourth-order valence-corrected chi connectivity index (χ4v) is 2.21. The number of nitrogens with one attached hydrogen (secondary N) is 2. The average molecular weight is 185 g/mol. The van der Waals surface area contributed by atoms with Crippen LogP contribution in [0.15, 0.2) is 0 Å². The van der Waals surface area contributed by atoms with Crippen molar-refractivity contribution in [2.75, 3.05) is 39.3 Å². The molecule has 2 heterocycles. The number of piperazine rings is 1. The summed E-state index contributed by atoms with van der Waals surface area (Å²) in [6, 6.07) is 0.343. The van der Waals surface area contributed by atoms with Crippen LogP contribution in [0.4, 0.5) is 0 Å². The van der Waals surface area contributed by atoms with E-state index >= 15 is 0 Å². The van der Waals surface area contributed by atoms with Gasteiger partial charge >= 0.3 is 0 Å². The Kier molecular flexibility index (Phi) is 3.16. The topological polar surface area (TPSA) is 47.5 Å². The van der Waals surface area contributed by atoms with Crippen molar-refractivity contribution in [2.24, 2.45) is 0 Å². The molecule has 0 aromatic rings. The highest BCUT2D eigenvalue weighted by atomic mass is 16.3. The predicted molar refractivity (Wildman–Crippen MR) is 51.7 cm³/mol. The number of hydrogen-bond acceptors (Lipinski definition) is 4. The first-order chi connectivity index (χ1) is 6.38. The van der Waals surface area contributed by atoms with Gasteiger partial charge in [-0.2, -0.15) is 0 Å². The van der Waals surface area contributed by atoms with Crippen LogP contribution in [0.1, 0.15) is 6.42 Å². The maximum absolute atomic E-state index is 9.82. The largest absolute Gasteiger partial charge is 0.391 e. The molecule has 2 aliphatic heterocycles. The molecule has 0 saturated carbocycles. The average Bonchev–Trinajstić information content (AvgIpc) is 2.20. The lowest BCUT2D eigenvalue weighted by Gasteiger charge is -2.40. The Morgan fingerprint density at radius 1 is 1.08 bits per heavy atom. The van der Waals surface area contributed by atoms with E-state index in [1.807, 2.05) is 0 Å². The molecule has 0 aromatic carbocycles. The molecule has 2 aliphatic rings. The third-order valence-electron chi connectivity index (χ3n) is 3.04. The summed E-state index contributed by atoms with van der Waals surface area (Å²) in [5, 5.41) is 16.5. The van der Waals surface area contributed by atoms with Gasteiger partial charge in [0.15, 0.2) is 0 Å². The monoisotopic (exact) mass is 185 g/mol. The molecule has 2 rings (SSSR count). The van der Waals surface area contributed by atoms with E-state index in [1.54, 1.807) is 0 Å². The molecule has 4 nitrogen and oxygen atoms in total. The number of rotatable bonds is 1. The predicted octanol–water partition coefficient (Wildman–Crippen LogP) is -1.39. The summed E-state index contributed by atoms with van der Waals surface area (Å²) >= 11 is 0. The molecule has 3 N–H and O–H groups in total. The fraction of sp³-hybridized carbons (Fsp3) is 1.00. The lowest BCUT2D eigenvalue weighted by atomic mass is 10.0. The van der Waals surface area contributed by atoms with Crippen LogP contribution in [-0.2, 0) is 0 Å². The summed E-state index contributed by atoms with van der Waals surface area (Å²) < 4.78 is 0. The molecule has 2 fully saturated rings. The first-order valence-corrected chi connectivity index (χ1v) is 5.21. The van der Waals surface area contributed by atoms with Crippen LogP contribution >= 0.6 is 0 Å². The van der Waals surface area contributed by atoms with E-state index in [1.165, 1.54) is 0 Å². The highest BCUT2D eigenvalue weighted by Gasteiger charge is 2.28. The Morgan fingerprint density at radius 2 is 1.85 bits per heavy atom. The molecule has 2 unspecified atom stereocenters. The second kappa shape index (κ2) is 4.37. The Bertz CT molecular complexity index is 159. The number of aliphatic hydroxyl groups is 1. The molecular weight excluding hydrogens is 166 g/mol. The van der Waals surface area contributed by atoms with Gasteiger partial charge in [-0.1, -0.05) is 0 Å². The van der Waals surface area contributed by atoms with Gasteiger partial charge in [0.1, 0.15) is 0 Å². The molecule has 13 heavy (non-hydrogen) atoms. The van der Waals surface area contributed by atoms with Crippen LogP contribution in [0, 0.1) is 0 Å². The molecule has 2 saturated heterocycles.